The third-order valence-corrected chi connectivity index (χ3v) is 6.94. The van der Waals surface area contributed by atoms with Crippen LogP contribution in [0, 0.1) is 0 Å². The van der Waals surface area contributed by atoms with Crippen LogP contribution < -0.4 is 5.32 Å². The van der Waals surface area contributed by atoms with E-state index in [9.17, 15) is 14.4 Å². The molecular formula is C19H34N2O4S2. The lowest BCUT2D eigenvalue weighted by Gasteiger charge is -2.24. The quantitative estimate of drug-likeness (QED) is 0.325. The number of carbonyl (C=O) groups excluding carboxylic acids is 3. The first kappa shape index (κ1) is 24.3. The van der Waals surface area contributed by atoms with Crippen molar-refractivity contribution in [2.45, 2.75) is 64.3 Å². The van der Waals surface area contributed by atoms with Gasteiger partial charge in [-0.2, -0.15) is 0 Å². The number of hydrogen-bond donors (Lipinski definition) is 1. The molecule has 0 aromatic rings. The van der Waals surface area contributed by atoms with Crippen molar-refractivity contribution in [1.82, 2.24) is 10.2 Å². The molecule has 1 rings (SSSR count). The molecule has 1 saturated heterocycles. The number of nitrogens with one attached hydrogen (secondary N) is 1. The summed E-state index contributed by atoms with van der Waals surface area (Å²) in [5.74, 6) is 2.29. The molecule has 1 N–H and O–H groups in total. The van der Waals surface area contributed by atoms with Crippen LogP contribution in [-0.2, 0) is 19.1 Å². The zero-order valence-corrected chi connectivity index (χ0v) is 18.3. The molecule has 0 radical (unpaired) electrons. The summed E-state index contributed by atoms with van der Waals surface area (Å²) in [6, 6.07) is 0.260. The number of ketones is 1. The topological polar surface area (TPSA) is 75.7 Å². The molecule has 0 unspecified atom stereocenters. The zero-order chi connectivity index (χ0) is 19.9. The van der Waals surface area contributed by atoms with Crippen molar-refractivity contribution in [2.24, 2.45) is 0 Å². The molecule has 0 bridgehead atoms. The lowest BCUT2D eigenvalue weighted by molar-refractivity contribution is -0.133. The van der Waals surface area contributed by atoms with Gasteiger partial charge in [0, 0.05) is 51.0 Å². The molecule has 0 aliphatic carbocycles. The fourth-order valence-corrected chi connectivity index (χ4v) is 5.05. The molecule has 0 aromatic heterocycles. The van der Waals surface area contributed by atoms with E-state index in [0.717, 1.165) is 50.2 Å². The van der Waals surface area contributed by atoms with Crippen LogP contribution >= 0.6 is 21.6 Å². The van der Waals surface area contributed by atoms with E-state index < -0.39 is 0 Å². The van der Waals surface area contributed by atoms with E-state index in [1.54, 1.807) is 35.6 Å². The molecule has 1 fully saturated rings. The highest BCUT2D eigenvalue weighted by atomic mass is 33.1. The van der Waals surface area contributed by atoms with Gasteiger partial charge >= 0.3 is 0 Å². The summed E-state index contributed by atoms with van der Waals surface area (Å²) in [5, 5.41) is 2.90. The third kappa shape index (κ3) is 11.7. The lowest BCUT2D eigenvalue weighted by Crippen LogP contribution is -2.38. The van der Waals surface area contributed by atoms with Gasteiger partial charge in [0.05, 0.1) is 12.6 Å². The summed E-state index contributed by atoms with van der Waals surface area (Å²) >= 11 is 0. The van der Waals surface area contributed by atoms with Crippen LogP contribution in [0.15, 0.2) is 0 Å². The minimum atomic E-state index is 0.0611. The Kier molecular flexibility index (Phi) is 13.7. The van der Waals surface area contributed by atoms with Gasteiger partial charge < -0.3 is 19.7 Å². The molecule has 1 heterocycles. The largest absolute Gasteiger partial charge is 0.383 e. The summed E-state index contributed by atoms with van der Waals surface area (Å²) in [7, 11) is 5.18. The molecule has 8 heteroatoms. The second kappa shape index (κ2) is 15.2. The summed E-state index contributed by atoms with van der Waals surface area (Å²) in [5.41, 5.74) is 0. The van der Waals surface area contributed by atoms with E-state index >= 15 is 0 Å². The first-order chi connectivity index (χ1) is 13.0. The number of methoxy groups -OCH3 is 1. The highest BCUT2D eigenvalue weighted by molar-refractivity contribution is 8.76. The number of amides is 2. The Morgan fingerprint density at radius 1 is 1.07 bits per heavy atom. The number of carbonyl (C=O) groups is 3. The number of ether oxygens (including phenoxy) is 1. The smallest absolute Gasteiger partial charge is 0.222 e. The van der Waals surface area contributed by atoms with Crippen LogP contribution in [-0.4, -0.2) is 66.9 Å². The van der Waals surface area contributed by atoms with Gasteiger partial charge in [0.25, 0.3) is 0 Å². The van der Waals surface area contributed by atoms with Crippen molar-refractivity contribution in [3.05, 3.63) is 0 Å². The Labute approximate surface area is 171 Å². The van der Waals surface area contributed by atoms with Crippen molar-refractivity contribution >= 4 is 39.2 Å². The molecule has 2 amide bonds. The standard InChI is InChI=1S/C19H34N2O4S2/c1-16(22)7-3-4-9-18(23)20-11-14-27-26-13-6-10-19(24)21-12-5-8-17(21)15-25-2/h17H,3-15H2,1-2H3,(H,20,23)/t17-/m0/s1. The maximum atomic E-state index is 12.3. The van der Waals surface area contributed by atoms with Gasteiger partial charge in [0.15, 0.2) is 0 Å². The highest BCUT2D eigenvalue weighted by Crippen LogP contribution is 2.23. The Hall–Kier alpha value is -0.730. The van der Waals surface area contributed by atoms with Gasteiger partial charge in [0.2, 0.25) is 11.8 Å². The fraction of sp³-hybridized carbons (Fsp3) is 0.842. The molecule has 6 nitrogen and oxygen atoms in total. The molecular weight excluding hydrogens is 384 g/mol. The first-order valence-electron chi connectivity index (χ1n) is 9.83. The summed E-state index contributed by atoms with van der Waals surface area (Å²) < 4.78 is 5.20. The summed E-state index contributed by atoms with van der Waals surface area (Å²) in [6.07, 6.45) is 6.22. The third-order valence-electron chi connectivity index (χ3n) is 4.45. The summed E-state index contributed by atoms with van der Waals surface area (Å²) in [4.78, 5) is 36.7. The lowest BCUT2D eigenvalue weighted by atomic mass is 10.1. The van der Waals surface area contributed by atoms with E-state index in [4.69, 9.17) is 4.74 Å². The predicted octanol–water partition coefficient (Wildman–Crippen LogP) is 3.05. The molecule has 0 saturated carbocycles. The molecule has 27 heavy (non-hydrogen) atoms. The molecule has 1 aliphatic rings. The van der Waals surface area contributed by atoms with Crippen LogP contribution in [0.25, 0.3) is 0 Å². The number of likely N-dealkylation sites (tertiary alicyclic amines) is 1. The summed E-state index contributed by atoms with van der Waals surface area (Å²) in [6.45, 7) is 3.74. The maximum absolute atomic E-state index is 12.3. The minimum Gasteiger partial charge on any atom is -0.383 e. The normalized spacial score (nSPS) is 16.5. The van der Waals surface area contributed by atoms with Crippen LogP contribution in [0.1, 0.15) is 58.3 Å². The van der Waals surface area contributed by atoms with Gasteiger partial charge in [0.1, 0.15) is 5.78 Å². The Bertz CT molecular complexity index is 463. The maximum Gasteiger partial charge on any atom is 0.222 e. The van der Waals surface area contributed by atoms with E-state index in [0.29, 0.717) is 32.4 Å². The Morgan fingerprint density at radius 3 is 2.56 bits per heavy atom. The van der Waals surface area contributed by atoms with Crippen molar-refractivity contribution < 1.29 is 19.1 Å². The predicted molar refractivity (Wildman–Crippen MR) is 113 cm³/mol. The minimum absolute atomic E-state index is 0.0611. The molecule has 0 aromatic carbocycles. The average Bonchev–Trinajstić information content (AvgIpc) is 3.09. The van der Waals surface area contributed by atoms with Crippen LogP contribution in [0.2, 0.25) is 0 Å². The highest BCUT2D eigenvalue weighted by Gasteiger charge is 2.27. The first-order valence-corrected chi connectivity index (χ1v) is 12.3. The molecule has 0 spiro atoms. The molecule has 156 valence electrons. The van der Waals surface area contributed by atoms with E-state index in [-0.39, 0.29) is 23.6 Å². The SMILES string of the molecule is COC[C@@H]1CCCN1C(=O)CCCSSCCNC(=O)CCCCC(C)=O. The van der Waals surface area contributed by atoms with Crippen molar-refractivity contribution in [2.75, 3.05) is 38.3 Å². The number of Topliss-reactive ketones (excluding diaryl/α,β-unsaturated/α-hetero) is 1. The zero-order valence-electron chi connectivity index (χ0n) is 16.7. The van der Waals surface area contributed by atoms with Crippen LogP contribution in [0.5, 0.6) is 0 Å². The fourth-order valence-electron chi connectivity index (χ4n) is 3.05. The number of nitrogens with zero attached hydrogens (tertiary/aromatic N) is 1. The molecule has 1 aliphatic heterocycles. The van der Waals surface area contributed by atoms with E-state index in [1.165, 1.54) is 0 Å². The van der Waals surface area contributed by atoms with Crippen molar-refractivity contribution in [1.29, 1.82) is 0 Å². The van der Waals surface area contributed by atoms with Gasteiger partial charge in [-0.05, 0) is 39.0 Å². The second-order valence-electron chi connectivity index (χ2n) is 6.85. The van der Waals surface area contributed by atoms with Gasteiger partial charge in [-0.25, -0.2) is 0 Å². The van der Waals surface area contributed by atoms with Gasteiger partial charge in [-0.1, -0.05) is 21.6 Å². The van der Waals surface area contributed by atoms with Crippen LogP contribution in [0.4, 0.5) is 0 Å². The van der Waals surface area contributed by atoms with E-state index in [2.05, 4.69) is 5.32 Å². The van der Waals surface area contributed by atoms with Crippen molar-refractivity contribution in [3.8, 4) is 0 Å². The Morgan fingerprint density at radius 2 is 1.81 bits per heavy atom. The number of hydrogen-bond acceptors (Lipinski definition) is 6. The van der Waals surface area contributed by atoms with E-state index in [1.807, 2.05) is 4.90 Å². The number of rotatable bonds is 15. The monoisotopic (exact) mass is 418 g/mol. The van der Waals surface area contributed by atoms with Crippen LogP contribution in [0.3, 0.4) is 0 Å². The molecule has 1 atom stereocenters. The van der Waals surface area contributed by atoms with Gasteiger partial charge in [-0.15, -0.1) is 0 Å². The second-order valence-corrected chi connectivity index (χ2v) is 9.55. The average molecular weight is 419 g/mol. The number of unbranched alkanes of at least 4 members (excludes halogenated alkanes) is 1. The Balaban J connectivity index is 1.93. The van der Waals surface area contributed by atoms with Gasteiger partial charge in [-0.3, -0.25) is 9.59 Å². The van der Waals surface area contributed by atoms with Crippen molar-refractivity contribution in [3.63, 3.8) is 0 Å².